The molecule has 16 heavy (non-hydrogen) atoms. The zero-order valence-electron chi connectivity index (χ0n) is 8.53. The summed E-state index contributed by atoms with van der Waals surface area (Å²) in [6.45, 7) is 1.64. The summed E-state index contributed by atoms with van der Waals surface area (Å²) in [6.07, 6.45) is 2.71. The van der Waals surface area contributed by atoms with Gasteiger partial charge in [-0.2, -0.15) is 0 Å². The van der Waals surface area contributed by atoms with Crippen LogP contribution < -0.4 is 5.32 Å². The molecule has 2 N–H and O–H groups in total. The number of aromatic carboxylic acids is 1. The lowest BCUT2D eigenvalue weighted by atomic mass is 10.1. The highest BCUT2D eigenvalue weighted by molar-refractivity contribution is 6.04. The number of carboxylic acids is 1. The lowest BCUT2D eigenvalue weighted by Gasteiger charge is -2.06. The van der Waals surface area contributed by atoms with Gasteiger partial charge < -0.3 is 10.4 Å². The van der Waals surface area contributed by atoms with Crippen molar-refractivity contribution in [2.75, 3.05) is 5.32 Å². The van der Waals surface area contributed by atoms with E-state index in [0.717, 1.165) is 6.07 Å². The van der Waals surface area contributed by atoms with Crippen molar-refractivity contribution in [3.8, 4) is 0 Å². The Morgan fingerprint density at radius 2 is 2.12 bits per heavy atom. The standard InChI is InChI=1S/C11H10FNO3/c1-2-4-9(14)13-8-6-3-5-7(12)10(8)11(15)16/h2-6H,1H3,(H,13,14)(H,15,16)/b4-2+. The molecular weight excluding hydrogens is 213 g/mol. The van der Waals surface area contributed by atoms with Gasteiger partial charge in [0.2, 0.25) is 5.91 Å². The number of carbonyl (C=O) groups excluding carboxylic acids is 1. The maximum Gasteiger partial charge on any atom is 0.340 e. The Hall–Kier alpha value is -2.17. The first-order valence-corrected chi connectivity index (χ1v) is 4.51. The van der Waals surface area contributed by atoms with Crippen LogP contribution in [0.1, 0.15) is 17.3 Å². The minimum Gasteiger partial charge on any atom is -0.478 e. The largest absolute Gasteiger partial charge is 0.478 e. The molecule has 1 aromatic carbocycles. The summed E-state index contributed by atoms with van der Waals surface area (Å²) in [5, 5.41) is 11.1. The quantitative estimate of drug-likeness (QED) is 0.770. The van der Waals surface area contributed by atoms with E-state index in [-0.39, 0.29) is 5.69 Å². The Morgan fingerprint density at radius 1 is 1.44 bits per heavy atom. The Balaban J connectivity index is 3.09. The maximum absolute atomic E-state index is 13.2. The van der Waals surface area contributed by atoms with Crippen molar-refractivity contribution < 1.29 is 19.1 Å². The lowest BCUT2D eigenvalue weighted by molar-refractivity contribution is -0.111. The molecule has 0 saturated heterocycles. The topological polar surface area (TPSA) is 66.4 Å². The van der Waals surface area contributed by atoms with Crippen LogP contribution in [-0.4, -0.2) is 17.0 Å². The predicted octanol–water partition coefficient (Wildman–Crippen LogP) is 2.04. The van der Waals surface area contributed by atoms with Crippen molar-refractivity contribution in [2.24, 2.45) is 0 Å². The highest BCUT2D eigenvalue weighted by Crippen LogP contribution is 2.18. The number of amides is 1. The van der Waals surface area contributed by atoms with Gasteiger partial charge in [0.25, 0.3) is 0 Å². The van der Waals surface area contributed by atoms with Gasteiger partial charge in [0.15, 0.2) is 0 Å². The van der Waals surface area contributed by atoms with Crippen LogP contribution in [0.15, 0.2) is 30.4 Å². The molecule has 1 aromatic rings. The van der Waals surface area contributed by atoms with Crippen LogP contribution in [0.5, 0.6) is 0 Å². The fourth-order valence-electron chi connectivity index (χ4n) is 1.17. The summed E-state index contributed by atoms with van der Waals surface area (Å²) in [6, 6.07) is 3.68. The third-order valence-electron chi connectivity index (χ3n) is 1.80. The third-order valence-corrected chi connectivity index (χ3v) is 1.80. The van der Waals surface area contributed by atoms with E-state index in [1.54, 1.807) is 6.92 Å². The number of carbonyl (C=O) groups is 2. The van der Waals surface area contributed by atoms with E-state index < -0.39 is 23.3 Å². The van der Waals surface area contributed by atoms with Gasteiger partial charge in [-0.05, 0) is 25.1 Å². The van der Waals surface area contributed by atoms with E-state index in [4.69, 9.17) is 5.11 Å². The van der Waals surface area contributed by atoms with Crippen molar-refractivity contribution in [3.05, 3.63) is 41.7 Å². The van der Waals surface area contributed by atoms with Gasteiger partial charge in [-0.1, -0.05) is 12.1 Å². The first-order chi connectivity index (χ1) is 7.56. The summed E-state index contributed by atoms with van der Waals surface area (Å²) in [7, 11) is 0. The first-order valence-electron chi connectivity index (χ1n) is 4.51. The summed E-state index contributed by atoms with van der Waals surface area (Å²) >= 11 is 0. The molecule has 0 aliphatic heterocycles. The van der Waals surface area contributed by atoms with Crippen molar-refractivity contribution >= 4 is 17.6 Å². The van der Waals surface area contributed by atoms with Crippen LogP contribution in [0.3, 0.4) is 0 Å². The Morgan fingerprint density at radius 3 is 2.69 bits per heavy atom. The van der Waals surface area contributed by atoms with Gasteiger partial charge in [0.05, 0.1) is 5.69 Å². The Labute approximate surface area is 91.4 Å². The molecule has 0 radical (unpaired) electrons. The Bertz CT molecular complexity index is 455. The van der Waals surface area contributed by atoms with Gasteiger partial charge in [0, 0.05) is 0 Å². The monoisotopic (exact) mass is 223 g/mol. The van der Waals surface area contributed by atoms with E-state index >= 15 is 0 Å². The molecule has 0 aromatic heterocycles. The highest BCUT2D eigenvalue weighted by atomic mass is 19.1. The van der Waals surface area contributed by atoms with Gasteiger partial charge in [-0.25, -0.2) is 9.18 Å². The number of hydrogen-bond donors (Lipinski definition) is 2. The number of halogens is 1. The average molecular weight is 223 g/mol. The first kappa shape index (κ1) is 11.9. The maximum atomic E-state index is 13.2. The summed E-state index contributed by atoms with van der Waals surface area (Å²) < 4.78 is 13.2. The second kappa shape index (κ2) is 5.06. The normalized spacial score (nSPS) is 10.4. The molecule has 0 fully saturated rings. The Kier molecular flexibility index (Phi) is 3.77. The van der Waals surface area contributed by atoms with Gasteiger partial charge in [-0.3, -0.25) is 4.79 Å². The molecule has 0 unspecified atom stereocenters. The van der Waals surface area contributed by atoms with Crippen LogP contribution in [0.2, 0.25) is 0 Å². The molecule has 0 atom stereocenters. The number of benzene rings is 1. The van der Waals surface area contributed by atoms with E-state index in [1.807, 2.05) is 0 Å². The lowest BCUT2D eigenvalue weighted by Crippen LogP contribution is -2.13. The fraction of sp³-hybridized carbons (Fsp3) is 0.0909. The predicted molar refractivity (Wildman–Crippen MR) is 56.8 cm³/mol. The van der Waals surface area contributed by atoms with Crippen LogP contribution in [-0.2, 0) is 4.79 Å². The zero-order valence-corrected chi connectivity index (χ0v) is 8.53. The zero-order chi connectivity index (χ0) is 12.1. The summed E-state index contributed by atoms with van der Waals surface area (Å²) in [5.74, 6) is -2.81. The molecule has 1 rings (SSSR count). The molecule has 84 valence electrons. The number of hydrogen-bond acceptors (Lipinski definition) is 2. The number of allylic oxidation sites excluding steroid dienone is 1. The third kappa shape index (κ3) is 2.66. The van der Waals surface area contributed by atoms with Crippen molar-refractivity contribution in [2.45, 2.75) is 6.92 Å². The van der Waals surface area contributed by atoms with Gasteiger partial charge in [0.1, 0.15) is 11.4 Å². The molecular formula is C11H10FNO3. The molecule has 0 aliphatic rings. The molecule has 0 spiro atoms. The molecule has 5 heteroatoms. The number of carboxylic acid groups (broad SMARTS) is 1. The van der Waals surface area contributed by atoms with Crippen molar-refractivity contribution in [3.63, 3.8) is 0 Å². The smallest absolute Gasteiger partial charge is 0.340 e. The number of anilines is 1. The van der Waals surface area contributed by atoms with E-state index in [2.05, 4.69) is 5.32 Å². The number of nitrogens with one attached hydrogen (secondary N) is 1. The number of rotatable bonds is 3. The summed E-state index contributed by atoms with van der Waals surface area (Å²) in [4.78, 5) is 22.0. The summed E-state index contributed by atoms with van der Waals surface area (Å²) in [5.41, 5.74) is -0.601. The van der Waals surface area contributed by atoms with E-state index in [0.29, 0.717) is 0 Å². The molecule has 0 aliphatic carbocycles. The van der Waals surface area contributed by atoms with Gasteiger partial charge in [-0.15, -0.1) is 0 Å². The average Bonchev–Trinajstić information content (AvgIpc) is 2.17. The molecule has 1 amide bonds. The van der Waals surface area contributed by atoms with Crippen molar-refractivity contribution in [1.82, 2.24) is 0 Å². The van der Waals surface area contributed by atoms with E-state index in [9.17, 15) is 14.0 Å². The fourth-order valence-corrected chi connectivity index (χ4v) is 1.17. The minimum absolute atomic E-state index is 0.0596. The van der Waals surface area contributed by atoms with E-state index in [1.165, 1.54) is 24.3 Å². The van der Waals surface area contributed by atoms with Crippen molar-refractivity contribution in [1.29, 1.82) is 0 Å². The van der Waals surface area contributed by atoms with Crippen LogP contribution in [0, 0.1) is 5.82 Å². The molecule has 4 nitrogen and oxygen atoms in total. The second-order valence-corrected chi connectivity index (χ2v) is 2.96. The molecule has 0 heterocycles. The molecule has 0 saturated carbocycles. The van der Waals surface area contributed by atoms with Gasteiger partial charge >= 0.3 is 5.97 Å². The van der Waals surface area contributed by atoms with Crippen LogP contribution >= 0.6 is 0 Å². The minimum atomic E-state index is -1.42. The highest BCUT2D eigenvalue weighted by Gasteiger charge is 2.16. The van der Waals surface area contributed by atoms with Crippen LogP contribution in [0.25, 0.3) is 0 Å². The second-order valence-electron chi connectivity index (χ2n) is 2.96. The SMILES string of the molecule is C/C=C/C(=O)Nc1cccc(F)c1C(=O)O. The van der Waals surface area contributed by atoms with Crippen LogP contribution in [0.4, 0.5) is 10.1 Å². The molecule has 0 bridgehead atoms.